The summed E-state index contributed by atoms with van der Waals surface area (Å²) in [7, 11) is 2.14. The number of allylic oxidation sites excluding steroid dienone is 3. The van der Waals surface area contributed by atoms with E-state index >= 15 is 0 Å². The van der Waals surface area contributed by atoms with Gasteiger partial charge >= 0.3 is 0 Å². The molecular weight excluding hydrogens is 761 g/mol. The lowest BCUT2D eigenvalue weighted by Gasteiger charge is -2.30. The number of para-hydroxylation sites is 1. The van der Waals surface area contributed by atoms with Crippen LogP contribution in [0.25, 0.3) is 59.6 Å². The maximum atomic E-state index is 6.57. The molecule has 0 saturated heterocycles. The lowest BCUT2D eigenvalue weighted by molar-refractivity contribution is 0.581. The molecule has 9 aromatic rings. The molecule has 0 radical (unpaired) electrons. The number of furan rings is 1. The van der Waals surface area contributed by atoms with Crippen molar-refractivity contribution in [2.75, 3.05) is 7.05 Å². The van der Waals surface area contributed by atoms with Gasteiger partial charge in [-0.05, 0) is 81.8 Å². The normalized spacial score (nSPS) is 18.6. The molecule has 3 nitrogen and oxygen atoms in total. The topological polar surface area (TPSA) is 28.7 Å². The van der Waals surface area contributed by atoms with Gasteiger partial charge in [-0.2, -0.15) is 0 Å². The smallest absolute Gasteiger partial charge is 0.140 e. The molecule has 0 saturated carbocycles. The molecule has 0 bridgehead atoms. The molecule has 3 unspecified atom stereocenters. The molecule has 0 fully saturated rings. The van der Waals surface area contributed by atoms with Gasteiger partial charge in [0.15, 0.2) is 0 Å². The molecule has 0 N–H and O–H groups in total. The summed E-state index contributed by atoms with van der Waals surface area (Å²) in [5, 5.41) is 3.77. The molecule has 294 valence electrons. The standard InChI is InChI=1S/C57H44N2OS/c1-3-37-34-50(40-20-11-6-12-21-40)58-57(59(2)36-49(37)39-18-9-5-10-19-39)44-23-15-22-42(32-44)45-29-30-52-56(47-24-13-14-25-51(47)60-52)55(45)43-26-28-46-48-33-41(38-16-7-4-8-17-38)27-31-53(48)61-54(46)35-43/h4-37,45,55H,3H2,1-2H3/b49-36?,50-34-,58-57?. The average molecular weight is 805 g/mol. The Labute approximate surface area is 361 Å². The minimum atomic E-state index is 0.0278. The molecule has 2 aromatic heterocycles. The second-order valence-corrected chi connectivity index (χ2v) is 17.3. The minimum Gasteiger partial charge on any atom is -0.456 e. The molecule has 11 rings (SSSR count). The van der Waals surface area contributed by atoms with E-state index in [9.17, 15) is 0 Å². The van der Waals surface area contributed by atoms with E-state index in [0.717, 1.165) is 40.4 Å². The van der Waals surface area contributed by atoms with Gasteiger partial charge in [0.25, 0.3) is 0 Å². The zero-order valence-electron chi connectivity index (χ0n) is 34.2. The van der Waals surface area contributed by atoms with Crippen molar-refractivity contribution in [3.8, 4) is 11.1 Å². The minimum absolute atomic E-state index is 0.0278. The Morgan fingerprint density at radius 2 is 1.31 bits per heavy atom. The van der Waals surface area contributed by atoms with Crippen LogP contribution in [0.4, 0.5) is 0 Å². The van der Waals surface area contributed by atoms with Crippen molar-refractivity contribution >= 4 is 65.7 Å². The van der Waals surface area contributed by atoms with Crippen molar-refractivity contribution in [1.29, 1.82) is 0 Å². The van der Waals surface area contributed by atoms with Crippen molar-refractivity contribution < 1.29 is 4.42 Å². The largest absolute Gasteiger partial charge is 0.456 e. The number of thiophene rings is 1. The number of hydrogen-bond donors (Lipinski definition) is 0. The van der Waals surface area contributed by atoms with Crippen LogP contribution in [0.3, 0.4) is 0 Å². The molecule has 0 amide bonds. The van der Waals surface area contributed by atoms with Gasteiger partial charge in [-0.1, -0.05) is 165 Å². The number of amidine groups is 1. The van der Waals surface area contributed by atoms with E-state index in [2.05, 4.69) is 219 Å². The van der Waals surface area contributed by atoms with Crippen LogP contribution in [-0.2, 0) is 0 Å². The third-order valence-corrected chi connectivity index (χ3v) is 13.7. The SMILES string of the molecule is CCC1/C=C(/c2ccccc2)N=C(c2cccc(C3C=Cc4oc5ccccc5c4C3c3ccc4c(c3)sc3ccc(-c5ccccc5)cc34)c2)N(C)C=C1c1ccccc1. The number of benzene rings is 7. The Morgan fingerprint density at radius 3 is 2.10 bits per heavy atom. The highest BCUT2D eigenvalue weighted by atomic mass is 32.1. The first kappa shape index (κ1) is 37.0. The number of fused-ring (bicyclic) bond motifs is 6. The summed E-state index contributed by atoms with van der Waals surface area (Å²) in [6.07, 6.45) is 10.2. The van der Waals surface area contributed by atoms with Crippen LogP contribution in [0.1, 0.15) is 64.3 Å². The fraction of sp³-hybridized carbons (Fsp3) is 0.105. The quantitative estimate of drug-likeness (QED) is 0.161. The molecule has 7 aromatic carbocycles. The van der Waals surface area contributed by atoms with Crippen LogP contribution < -0.4 is 0 Å². The van der Waals surface area contributed by atoms with Crippen molar-refractivity contribution in [3.05, 3.63) is 233 Å². The van der Waals surface area contributed by atoms with Gasteiger partial charge in [0.2, 0.25) is 0 Å². The molecule has 4 heteroatoms. The highest BCUT2D eigenvalue weighted by molar-refractivity contribution is 7.25. The van der Waals surface area contributed by atoms with Crippen LogP contribution in [0.15, 0.2) is 204 Å². The van der Waals surface area contributed by atoms with Gasteiger partial charge in [0.1, 0.15) is 17.2 Å². The zero-order valence-corrected chi connectivity index (χ0v) is 35.0. The second-order valence-electron chi connectivity index (χ2n) is 16.2. The predicted molar refractivity (Wildman–Crippen MR) is 258 cm³/mol. The van der Waals surface area contributed by atoms with Gasteiger partial charge in [0.05, 0.1) is 5.70 Å². The van der Waals surface area contributed by atoms with E-state index in [4.69, 9.17) is 9.41 Å². The fourth-order valence-electron chi connectivity index (χ4n) is 9.54. The predicted octanol–water partition coefficient (Wildman–Crippen LogP) is 15.2. The Balaban J connectivity index is 1.05. The van der Waals surface area contributed by atoms with Crippen molar-refractivity contribution in [1.82, 2.24) is 4.90 Å². The van der Waals surface area contributed by atoms with E-state index < -0.39 is 0 Å². The summed E-state index contributed by atoms with van der Waals surface area (Å²) in [6, 6.07) is 63.7. The number of hydrogen-bond acceptors (Lipinski definition) is 4. The second kappa shape index (κ2) is 15.5. The van der Waals surface area contributed by atoms with Crippen LogP contribution in [-0.4, -0.2) is 17.8 Å². The average Bonchev–Trinajstić information content (AvgIpc) is 3.88. The Bertz CT molecular complexity index is 3200. The van der Waals surface area contributed by atoms with Gasteiger partial charge in [-0.25, -0.2) is 4.99 Å². The molecule has 1 aliphatic heterocycles. The highest BCUT2D eigenvalue weighted by Crippen LogP contribution is 2.50. The molecular formula is C57H44N2OS. The summed E-state index contributed by atoms with van der Waals surface area (Å²) in [6.45, 7) is 2.26. The molecule has 1 aliphatic carbocycles. The first-order valence-corrected chi connectivity index (χ1v) is 22.1. The zero-order chi connectivity index (χ0) is 40.9. The third kappa shape index (κ3) is 6.74. The number of nitrogens with zero attached hydrogens (tertiary/aromatic N) is 2. The van der Waals surface area contributed by atoms with Crippen LogP contribution >= 0.6 is 11.3 Å². The Kier molecular flexibility index (Phi) is 9.43. The van der Waals surface area contributed by atoms with E-state index in [0.29, 0.717) is 0 Å². The lowest BCUT2D eigenvalue weighted by Crippen LogP contribution is -2.25. The molecule has 61 heavy (non-hydrogen) atoms. The number of aliphatic imine (C=N–C) groups is 1. The molecule has 2 aliphatic rings. The van der Waals surface area contributed by atoms with E-state index in [-0.39, 0.29) is 17.8 Å². The van der Waals surface area contributed by atoms with E-state index in [1.807, 2.05) is 11.3 Å². The van der Waals surface area contributed by atoms with Crippen LogP contribution in [0.2, 0.25) is 0 Å². The monoisotopic (exact) mass is 804 g/mol. The Morgan fingerprint density at radius 1 is 0.590 bits per heavy atom. The number of rotatable bonds is 7. The maximum absolute atomic E-state index is 6.57. The summed E-state index contributed by atoms with van der Waals surface area (Å²) in [5.41, 5.74) is 12.8. The van der Waals surface area contributed by atoms with Crippen LogP contribution in [0.5, 0.6) is 0 Å². The molecule has 0 spiro atoms. The van der Waals surface area contributed by atoms with Gasteiger partial charge in [-0.15, -0.1) is 11.3 Å². The summed E-state index contributed by atoms with van der Waals surface area (Å²) < 4.78 is 9.17. The van der Waals surface area contributed by atoms with Crippen molar-refractivity contribution in [2.45, 2.75) is 25.2 Å². The van der Waals surface area contributed by atoms with Crippen LogP contribution in [0, 0.1) is 5.92 Å². The maximum Gasteiger partial charge on any atom is 0.140 e. The molecule has 3 atom stereocenters. The molecule has 3 heterocycles. The first-order chi connectivity index (χ1) is 30.1. The summed E-state index contributed by atoms with van der Waals surface area (Å²) in [5.74, 6) is 2.13. The Hall–Kier alpha value is -7.01. The van der Waals surface area contributed by atoms with Crippen molar-refractivity contribution in [2.24, 2.45) is 10.9 Å². The summed E-state index contributed by atoms with van der Waals surface area (Å²) in [4.78, 5) is 7.75. The summed E-state index contributed by atoms with van der Waals surface area (Å²) >= 11 is 1.88. The van der Waals surface area contributed by atoms with E-state index in [1.165, 1.54) is 64.5 Å². The van der Waals surface area contributed by atoms with Crippen molar-refractivity contribution in [3.63, 3.8) is 0 Å². The third-order valence-electron chi connectivity index (χ3n) is 12.5. The van der Waals surface area contributed by atoms with Gasteiger partial charge in [0, 0.05) is 67.7 Å². The lowest BCUT2D eigenvalue weighted by atomic mass is 9.73. The fourth-order valence-corrected chi connectivity index (χ4v) is 10.7. The first-order valence-electron chi connectivity index (χ1n) is 21.3. The van der Waals surface area contributed by atoms with Gasteiger partial charge in [-0.3, -0.25) is 0 Å². The van der Waals surface area contributed by atoms with Gasteiger partial charge < -0.3 is 9.32 Å². The van der Waals surface area contributed by atoms with E-state index in [1.54, 1.807) is 0 Å². The highest BCUT2D eigenvalue weighted by Gasteiger charge is 2.34.